The normalized spacial score (nSPS) is 23.8. The third-order valence-electron chi connectivity index (χ3n) is 6.60. The van der Waals surface area contributed by atoms with E-state index in [0.29, 0.717) is 18.2 Å². The number of rotatable bonds is 8. The van der Waals surface area contributed by atoms with Crippen LogP contribution in [-0.2, 0) is 32.3 Å². The SMILES string of the molecule is O=S(=O)([O-])O/N=C(\Cc1c(Cc2c[nH]c3ccccc23)[nH]c2ccccc12)S[C@@H]1O[C@H](CO)[C@@H](O)[C@H](O)[C@H]1O.[K+]. The van der Waals surface area contributed by atoms with Crippen LogP contribution < -0.4 is 51.4 Å². The molecule has 0 saturated carbocycles. The van der Waals surface area contributed by atoms with Crippen LogP contribution in [0.5, 0.6) is 0 Å². The van der Waals surface area contributed by atoms with Crippen molar-refractivity contribution in [3.8, 4) is 0 Å². The molecule has 0 radical (unpaired) electrons. The fraction of sp³-hybridized carbons (Fsp3) is 0.320. The molecule has 5 atom stereocenters. The summed E-state index contributed by atoms with van der Waals surface area (Å²) in [5.41, 5.74) is 3.07. The number of nitrogens with one attached hydrogen (secondary N) is 2. The van der Waals surface area contributed by atoms with Crippen molar-refractivity contribution in [1.29, 1.82) is 0 Å². The van der Waals surface area contributed by atoms with E-state index in [-0.39, 0.29) is 62.8 Å². The molecule has 0 aliphatic carbocycles. The molecular formula is C25H26KN3O9S2. The van der Waals surface area contributed by atoms with Crippen molar-refractivity contribution in [3.05, 3.63) is 71.5 Å². The zero-order valence-electron chi connectivity index (χ0n) is 21.3. The number of benzene rings is 2. The Bertz CT molecular complexity index is 1610. The standard InChI is InChI=1S/C25H27N3O9S2.K/c29-12-20-22(30)23(31)24(32)25(36-20)38-21(28-37-39(33,34)35)10-16-15-6-2-4-8-18(15)27-19(16)9-13-11-26-17-7-3-1-5-14(13)17;/h1-8,11,20,22-27,29-32H,9-10,12H2,(H,33,34,35);/q;+1/p-1/b28-21+;/t20-,22-,23+,24-,25+;/m1./s1. The van der Waals surface area contributed by atoms with E-state index in [0.717, 1.165) is 38.6 Å². The van der Waals surface area contributed by atoms with E-state index in [1.54, 1.807) is 0 Å². The largest absolute Gasteiger partial charge is 1.00 e. The number of ether oxygens (including phenoxy) is 1. The summed E-state index contributed by atoms with van der Waals surface area (Å²) in [6.07, 6.45) is -3.66. The predicted molar refractivity (Wildman–Crippen MR) is 143 cm³/mol. The van der Waals surface area contributed by atoms with Crippen LogP contribution in [0.2, 0.25) is 0 Å². The van der Waals surface area contributed by atoms with Crippen LogP contribution in [-0.4, -0.2) is 84.9 Å². The Morgan fingerprint density at radius 3 is 2.40 bits per heavy atom. The number of aromatic nitrogens is 2. The zero-order chi connectivity index (χ0) is 27.7. The van der Waals surface area contributed by atoms with Gasteiger partial charge in [-0.15, -0.1) is 0 Å². The number of aromatic amines is 2. The van der Waals surface area contributed by atoms with Crippen LogP contribution in [0, 0.1) is 0 Å². The molecule has 1 aliphatic heterocycles. The van der Waals surface area contributed by atoms with Crippen molar-refractivity contribution in [2.75, 3.05) is 6.61 Å². The maximum atomic E-state index is 11.2. The minimum Gasteiger partial charge on any atom is -0.714 e. The number of H-pyrrole nitrogens is 2. The smallest absolute Gasteiger partial charge is 0.714 e. The van der Waals surface area contributed by atoms with E-state index in [1.165, 1.54) is 0 Å². The molecule has 6 N–H and O–H groups in total. The number of aliphatic hydroxyl groups is 4. The first-order chi connectivity index (χ1) is 18.6. The van der Waals surface area contributed by atoms with Crippen LogP contribution in [0.3, 0.4) is 0 Å². The van der Waals surface area contributed by atoms with Gasteiger partial charge in [0.2, 0.25) is 0 Å². The first-order valence-electron chi connectivity index (χ1n) is 12.0. The number of hydrogen-bond donors (Lipinski definition) is 6. The summed E-state index contributed by atoms with van der Waals surface area (Å²) in [6.45, 7) is -0.642. The van der Waals surface area contributed by atoms with E-state index in [2.05, 4.69) is 19.4 Å². The number of thioether (sulfide) groups is 1. The van der Waals surface area contributed by atoms with Crippen LogP contribution in [0.1, 0.15) is 16.8 Å². The predicted octanol–water partition coefficient (Wildman–Crippen LogP) is -1.89. The summed E-state index contributed by atoms with van der Waals surface area (Å²) in [4.78, 5) is 6.64. The molecule has 0 unspecified atom stereocenters. The number of nitrogens with zero attached hydrogens (tertiary/aromatic N) is 1. The van der Waals surface area contributed by atoms with Crippen molar-refractivity contribution < 1.29 is 93.8 Å². The molecule has 2 aromatic heterocycles. The van der Waals surface area contributed by atoms with Crippen molar-refractivity contribution in [1.82, 2.24) is 9.97 Å². The number of aliphatic hydroxyl groups excluding tert-OH is 4. The molecule has 15 heteroatoms. The Balaban J connectivity index is 0.00000370. The van der Waals surface area contributed by atoms with Crippen molar-refractivity contribution in [2.24, 2.45) is 5.16 Å². The second-order valence-corrected chi connectivity index (χ2v) is 11.3. The second-order valence-electron chi connectivity index (χ2n) is 9.12. The zero-order valence-corrected chi connectivity index (χ0v) is 26.1. The van der Waals surface area contributed by atoms with Crippen molar-refractivity contribution >= 4 is 49.0 Å². The molecule has 5 rings (SSSR count). The molecule has 3 heterocycles. The third kappa shape index (κ3) is 7.00. The summed E-state index contributed by atoms with van der Waals surface area (Å²) in [7, 11) is -5.20. The van der Waals surface area contributed by atoms with Gasteiger partial charge in [-0.2, -0.15) is 8.42 Å². The van der Waals surface area contributed by atoms with E-state index in [1.807, 2.05) is 54.7 Å². The number of oxime groups is 1. The Morgan fingerprint density at radius 1 is 1.02 bits per heavy atom. The molecule has 1 fully saturated rings. The van der Waals surface area contributed by atoms with Gasteiger partial charge in [0.05, 0.1) is 6.61 Å². The minimum atomic E-state index is -5.20. The molecule has 4 aromatic rings. The van der Waals surface area contributed by atoms with Crippen LogP contribution >= 0.6 is 11.8 Å². The minimum absolute atomic E-state index is 0. The van der Waals surface area contributed by atoms with Crippen LogP contribution in [0.25, 0.3) is 21.8 Å². The van der Waals surface area contributed by atoms with Crippen molar-refractivity contribution in [3.63, 3.8) is 0 Å². The average molecular weight is 616 g/mol. The molecule has 40 heavy (non-hydrogen) atoms. The van der Waals surface area contributed by atoms with Gasteiger partial charge in [-0.05, 0) is 23.3 Å². The molecule has 0 bridgehead atoms. The molecule has 0 spiro atoms. The summed E-state index contributed by atoms with van der Waals surface area (Å²) in [5, 5.41) is 45.6. The first kappa shape index (κ1) is 31.6. The third-order valence-corrected chi connectivity index (χ3v) is 7.97. The fourth-order valence-corrected chi connectivity index (χ4v) is 6.01. The molecule has 12 nitrogen and oxygen atoms in total. The molecule has 208 valence electrons. The Kier molecular flexibility index (Phi) is 10.5. The molecule has 0 amide bonds. The van der Waals surface area contributed by atoms with Crippen LogP contribution in [0.4, 0.5) is 0 Å². The first-order valence-corrected chi connectivity index (χ1v) is 14.2. The summed E-state index contributed by atoms with van der Waals surface area (Å²) in [5.74, 6) is 0. The average Bonchev–Trinajstić information content (AvgIpc) is 3.48. The molecule has 1 aliphatic rings. The Morgan fingerprint density at radius 2 is 1.70 bits per heavy atom. The van der Waals surface area contributed by atoms with Gasteiger partial charge in [0.15, 0.2) is 0 Å². The maximum Gasteiger partial charge on any atom is 1.00 e. The van der Waals surface area contributed by atoms with Crippen molar-refractivity contribution in [2.45, 2.75) is 42.7 Å². The second kappa shape index (κ2) is 13.3. The van der Waals surface area contributed by atoms with Gasteiger partial charge in [-0.1, -0.05) is 53.3 Å². The monoisotopic (exact) mass is 615 g/mol. The van der Waals surface area contributed by atoms with Gasteiger partial charge in [0.1, 0.15) is 34.9 Å². The summed E-state index contributed by atoms with van der Waals surface area (Å²) >= 11 is 0.713. The fourth-order valence-electron chi connectivity index (χ4n) is 4.71. The quantitative estimate of drug-likeness (QED) is 0.0325. The van der Waals surface area contributed by atoms with Crippen LogP contribution in [0.15, 0.2) is 59.9 Å². The number of para-hydroxylation sites is 2. The summed E-state index contributed by atoms with van der Waals surface area (Å²) in [6, 6.07) is 15.3. The van der Waals surface area contributed by atoms with E-state index in [9.17, 15) is 33.4 Å². The van der Waals surface area contributed by atoms with Gasteiger partial charge in [0.25, 0.3) is 10.4 Å². The van der Waals surface area contributed by atoms with Gasteiger partial charge >= 0.3 is 51.4 Å². The number of hydrogen-bond acceptors (Lipinski definition) is 11. The van der Waals surface area contributed by atoms with Gasteiger partial charge in [-0.25, -0.2) is 0 Å². The van der Waals surface area contributed by atoms with Gasteiger partial charge < -0.3 is 39.7 Å². The molecular weight excluding hydrogens is 590 g/mol. The van der Waals surface area contributed by atoms with E-state index < -0.39 is 46.9 Å². The molecule has 1 saturated heterocycles. The number of fused-ring (bicyclic) bond motifs is 2. The van der Waals surface area contributed by atoms with Gasteiger partial charge in [-0.3, -0.25) is 4.28 Å². The Labute approximate surface area is 276 Å². The summed E-state index contributed by atoms with van der Waals surface area (Å²) < 4.78 is 43.4. The van der Waals surface area contributed by atoms with E-state index >= 15 is 0 Å². The van der Waals surface area contributed by atoms with Gasteiger partial charge in [0, 0.05) is 46.5 Å². The Hall–Kier alpha value is -1.31. The maximum absolute atomic E-state index is 11.2. The molecule has 2 aromatic carbocycles. The van der Waals surface area contributed by atoms with E-state index in [4.69, 9.17) is 4.74 Å². The topological polar surface area (TPSA) is 201 Å².